The SMILES string of the molecule is O=C(CCCC(=O)N/N=C\c1ccc(Br)cc1O)N/N=C\c1ccc(Br)cc1O. The summed E-state index contributed by atoms with van der Waals surface area (Å²) in [6.45, 7) is 0. The predicted molar refractivity (Wildman–Crippen MR) is 117 cm³/mol. The van der Waals surface area contributed by atoms with Crippen molar-refractivity contribution in [1.29, 1.82) is 0 Å². The minimum absolute atomic E-state index is 0.0334. The molecule has 10 heteroatoms. The predicted octanol–water partition coefficient (Wildman–Crippen LogP) is 3.39. The van der Waals surface area contributed by atoms with E-state index in [4.69, 9.17) is 0 Å². The number of benzene rings is 2. The zero-order valence-corrected chi connectivity index (χ0v) is 18.3. The zero-order valence-electron chi connectivity index (χ0n) is 15.1. The number of aromatic hydroxyl groups is 2. The lowest BCUT2D eigenvalue weighted by molar-refractivity contribution is -0.122. The van der Waals surface area contributed by atoms with E-state index in [9.17, 15) is 19.8 Å². The first-order chi connectivity index (χ1) is 13.8. The van der Waals surface area contributed by atoms with Gasteiger partial charge < -0.3 is 10.2 Å². The van der Waals surface area contributed by atoms with Crippen molar-refractivity contribution in [1.82, 2.24) is 10.9 Å². The van der Waals surface area contributed by atoms with Gasteiger partial charge in [-0.3, -0.25) is 9.59 Å². The van der Waals surface area contributed by atoms with Crippen LogP contribution in [0.1, 0.15) is 30.4 Å². The number of carbonyl (C=O) groups is 2. The molecule has 0 aliphatic carbocycles. The van der Waals surface area contributed by atoms with Gasteiger partial charge in [0.1, 0.15) is 11.5 Å². The van der Waals surface area contributed by atoms with E-state index < -0.39 is 0 Å². The van der Waals surface area contributed by atoms with Crippen LogP contribution in [0, 0.1) is 0 Å². The van der Waals surface area contributed by atoms with Gasteiger partial charge in [-0.1, -0.05) is 31.9 Å². The molecule has 0 aromatic heterocycles. The summed E-state index contributed by atoms with van der Waals surface area (Å²) >= 11 is 6.47. The van der Waals surface area contributed by atoms with Gasteiger partial charge in [0.2, 0.25) is 11.8 Å². The highest BCUT2D eigenvalue weighted by Crippen LogP contribution is 2.21. The van der Waals surface area contributed by atoms with Gasteiger partial charge in [0, 0.05) is 32.9 Å². The average Bonchev–Trinajstić information content (AvgIpc) is 2.65. The van der Waals surface area contributed by atoms with Gasteiger partial charge in [-0.15, -0.1) is 0 Å². The van der Waals surface area contributed by atoms with E-state index in [1.54, 1.807) is 24.3 Å². The fourth-order valence-electron chi connectivity index (χ4n) is 2.12. The van der Waals surface area contributed by atoms with E-state index in [1.807, 2.05) is 0 Å². The number of rotatable bonds is 8. The van der Waals surface area contributed by atoms with E-state index in [0.717, 1.165) is 8.95 Å². The highest BCUT2D eigenvalue weighted by atomic mass is 79.9. The monoisotopic (exact) mass is 524 g/mol. The van der Waals surface area contributed by atoms with Crippen LogP contribution in [0.15, 0.2) is 55.5 Å². The fourth-order valence-corrected chi connectivity index (χ4v) is 2.82. The van der Waals surface area contributed by atoms with Crippen LogP contribution in [-0.2, 0) is 9.59 Å². The van der Waals surface area contributed by atoms with Gasteiger partial charge in [0.25, 0.3) is 0 Å². The first-order valence-corrected chi connectivity index (χ1v) is 10.0. The summed E-state index contributed by atoms with van der Waals surface area (Å²) < 4.78 is 1.46. The number of hydrogen-bond acceptors (Lipinski definition) is 6. The smallest absolute Gasteiger partial charge is 0.240 e. The summed E-state index contributed by atoms with van der Waals surface area (Å²) in [5.74, 6) is -0.639. The molecule has 0 aliphatic rings. The molecule has 2 aromatic rings. The number of phenols is 2. The van der Waals surface area contributed by atoms with Crippen molar-refractivity contribution in [3.8, 4) is 11.5 Å². The summed E-state index contributed by atoms with van der Waals surface area (Å²) in [4.78, 5) is 23.5. The molecule has 2 aromatic carbocycles. The Morgan fingerprint density at radius 3 is 1.62 bits per heavy atom. The van der Waals surface area contributed by atoms with Gasteiger partial charge in [-0.05, 0) is 42.8 Å². The molecule has 152 valence electrons. The second-order valence-corrected chi connectivity index (χ2v) is 7.68. The molecule has 0 heterocycles. The Morgan fingerprint density at radius 2 is 1.24 bits per heavy atom. The molecule has 0 atom stereocenters. The van der Waals surface area contributed by atoms with E-state index >= 15 is 0 Å². The summed E-state index contributed by atoms with van der Waals surface area (Å²) in [7, 11) is 0. The molecular formula is C19H18Br2N4O4. The van der Waals surface area contributed by atoms with Crippen LogP contribution < -0.4 is 10.9 Å². The Kier molecular flexibility index (Phi) is 8.81. The van der Waals surface area contributed by atoms with E-state index in [1.165, 1.54) is 24.6 Å². The standard InChI is InChI=1S/C19H18Br2N4O4/c20-14-6-4-12(16(26)8-14)10-22-24-18(28)2-1-3-19(29)25-23-11-13-5-7-15(21)9-17(13)27/h4-11,26-27H,1-3H2,(H,24,28)(H,25,29)/b22-10-,23-11-. The maximum Gasteiger partial charge on any atom is 0.240 e. The van der Waals surface area contributed by atoms with Gasteiger partial charge in [-0.25, -0.2) is 10.9 Å². The molecule has 0 bridgehead atoms. The number of nitrogens with one attached hydrogen (secondary N) is 2. The van der Waals surface area contributed by atoms with Gasteiger partial charge in [0.15, 0.2) is 0 Å². The lowest BCUT2D eigenvalue weighted by atomic mass is 10.2. The van der Waals surface area contributed by atoms with Crippen molar-refractivity contribution in [2.75, 3.05) is 0 Å². The second kappa shape index (κ2) is 11.3. The molecule has 0 saturated heterocycles. The van der Waals surface area contributed by atoms with Crippen molar-refractivity contribution in [2.24, 2.45) is 10.2 Å². The summed E-state index contributed by atoms with van der Waals surface area (Å²) in [6.07, 6.45) is 3.19. The van der Waals surface area contributed by atoms with Crippen molar-refractivity contribution in [2.45, 2.75) is 19.3 Å². The number of carbonyl (C=O) groups excluding carboxylic acids is 2. The van der Waals surface area contributed by atoms with E-state index in [2.05, 4.69) is 52.9 Å². The first-order valence-electron chi connectivity index (χ1n) is 8.46. The van der Waals surface area contributed by atoms with Gasteiger partial charge in [-0.2, -0.15) is 10.2 Å². The van der Waals surface area contributed by atoms with Crippen LogP contribution in [-0.4, -0.2) is 34.5 Å². The van der Waals surface area contributed by atoms with Crippen molar-refractivity contribution < 1.29 is 19.8 Å². The Labute approximate surface area is 184 Å². The fraction of sp³-hybridized carbons (Fsp3) is 0.158. The molecule has 0 spiro atoms. The quantitative estimate of drug-likeness (QED) is 0.311. The molecular weight excluding hydrogens is 508 g/mol. The van der Waals surface area contributed by atoms with E-state index in [-0.39, 0.29) is 36.2 Å². The second-order valence-electron chi connectivity index (χ2n) is 5.85. The lowest BCUT2D eigenvalue weighted by Crippen LogP contribution is -2.20. The molecule has 0 fully saturated rings. The summed E-state index contributed by atoms with van der Waals surface area (Å²) in [5.41, 5.74) is 5.60. The highest BCUT2D eigenvalue weighted by molar-refractivity contribution is 9.10. The van der Waals surface area contributed by atoms with Gasteiger partial charge in [0.05, 0.1) is 12.4 Å². The molecule has 8 nitrogen and oxygen atoms in total. The lowest BCUT2D eigenvalue weighted by Gasteiger charge is -2.02. The third-order valence-corrected chi connectivity index (χ3v) is 4.56. The number of hydrazone groups is 2. The molecule has 0 radical (unpaired) electrons. The van der Waals surface area contributed by atoms with Crippen LogP contribution >= 0.6 is 31.9 Å². The van der Waals surface area contributed by atoms with Crippen molar-refractivity contribution in [3.05, 3.63) is 56.5 Å². The van der Waals surface area contributed by atoms with Crippen LogP contribution in [0.3, 0.4) is 0 Å². The van der Waals surface area contributed by atoms with Crippen LogP contribution in [0.25, 0.3) is 0 Å². The number of nitrogens with zero attached hydrogens (tertiary/aromatic N) is 2. The topological polar surface area (TPSA) is 123 Å². The Balaban J connectivity index is 1.68. The Morgan fingerprint density at radius 1 is 0.828 bits per heavy atom. The van der Waals surface area contributed by atoms with Crippen LogP contribution in [0.4, 0.5) is 0 Å². The Hall–Kier alpha value is -2.72. The molecule has 0 aliphatic heterocycles. The van der Waals surface area contributed by atoms with Gasteiger partial charge >= 0.3 is 0 Å². The molecule has 29 heavy (non-hydrogen) atoms. The largest absolute Gasteiger partial charge is 0.507 e. The third kappa shape index (κ3) is 8.04. The summed E-state index contributed by atoms with van der Waals surface area (Å²) in [6, 6.07) is 9.80. The molecule has 2 amide bonds. The summed E-state index contributed by atoms with van der Waals surface area (Å²) in [5, 5.41) is 27.0. The maximum atomic E-state index is 11.7. The molecule has 0 unspecified atom stereocenters. The zero-order chi connectivity index (χ0) is 21.2. The third-order valence-electron chi connectivity index (χ3n) is 3.58. The van der Waals surface area contributed by atoms with E-state index in [0.29, 0.717) is 17.5 Å². The van der Waals surface area contributed by atoms with Crippen LogP contribution in [0.5, 0.6) is 11.5 Å². The molecule has 0 saturated carbocycles. The molecule has 4 N–H and O–H groups in total. The number of hydrogen-bond donors (Lipinski definition) is 4. The minimum Gasteiger partial charge on any atom is -0.507 e. The average molecular weight is 526 g/mol. The maximum absolute atomic E-state index is 11.7. The van der Waals surface area contributed by atoms with Crippen LogP contribution in [0.2, 0.25) is 0 Å². The Bertz CT molecular complexity index is 872. The van der Waals surface area contributed by atoms with Crippen molar-refractivity contribution in [3.63, 3.8) is 0 Å². The number of halogens is 2. The highest BCUT2D eigenvalue weighted by Gasteiger charge is 2.05. The number of amides is 2. The first kappa shape index (κ1) is 22.6. The van der Waals surface area contributed by atoms with Crippen molar-refractivity contribution >= 4 is 56.1 Å². The molecule has 2 rings (SSSR count). The minimum atomic E-state index is -0.353. The number of phenolic OH excluding ortho intramolecular Hbond substituents is 2. The normalized spacial score (nSPS) is 11.1.